The van der Waals surface area contributed by atoms with E-state index >= 15 is 0 Å². The minimum atomic E-state index is -4.94. The molecule has 84 heavy (non-hydrogen) atoms. The molecule has 3 aromatic heterocycles. The number of fused-ring (bicyclic) bond motifs is 7. The SMILES string of the molecule is [2H]c1c([2H])c2c(c([2H])c1-c1cccc(-c3c([2H])c([2H])c4c(c3[2H])C(C([2H])([2H])[2H])(C([2H])([2H])[2H])C([2H])([2H])C([2H])([2H])C4(C([2H])([2H])[2H])C([2H])([2H])[2H])c1-[n+]1[c-]n(-c3cccc(Oc4ccc5c6ccccc6n(-c6cc(C([2H])([2H])[2H])c(-c7ccc8c(c7)C(C([2H])([2H])[2H])(C([2H])([2H])[2H])C([2H])([2H])C([2H])([2H])C8(C([2H])([2H])[2H])C([2H])([2H])[2H])cn6)c5c4)c3)c3ccccc31)C(C([2H])([2H])[2H])(C([2H])([2H])[2H])C([2H])([2H])C([2H])([2H])C2(C([2H])([2H])[2H])C([2H])([2H])[2H]. The summed E-state index contributed by atoms with van der Waals surface area (Å²) in [6.45, 7) is -57.0. The van der Waals surface area contributed by atoms with Gasteiger partial charge < -0.3 is 4.74 Å². The second-order valence-electron chi connectivity index (χ2n) is 20.7. The monoisotopic (exact) mass is 1160 g/mol. The minimum absolute atomic E-state index is 0.0605. The second-order valence-corrected chi connectivity index (χ2v) is 20.7. The maximum absolute atomic E-state index is 10.4. The number of hydrogen-bond acceptors (Lipinski definition) is 2. The minimum Gasteiger partial charge on any atom is -0.458 e. The maximum atomic E-state index is 10.4. The lowest BCUT2D eigenvalue weighted by Crippen LogP contribution is -2.34. The van der Waals surface area contributed by atoms with Gasteiger partial charge >= 0.3 is 0 Å². The third-order valence-electron chi connectivity index (χ3n) is 15.0. The van der Waals surface area contributed by atoms with E-state index in [1.807, 2.05) is 0 Å². The molecule has 5 nitrogen and oxygen atoms in total. The fourth-order valence-corrected chi connectivity index (χ4v) is 11.0. The number of nitrogens with zero attached hydrogens (tertiary/aromatic N) is 4. The lowest BCUT2D eigenvalue weighted by molar-refractivity contribution is -0.571. The first-order valence-corrected chi connectivity index (χ1v) is 25.7. The summed E-state index contributed by atoms with van der Waals surface area (Å²) in [6.07, 6.45) is -24.6. The molecular weight excluding hydrogens is 1020 g/mol. The van der Waals surface area contributed by atoms with Crippen molar-refractivity contribution in [3.8, 4) is 62.1 Å². The average Bonchev–Trinajstić information content (AvgIpc) is 0.870. The van der Waals surface area contributed by atoms with Gasteiger partial charge in [0.2, 0.25) is 0 Å². The molecule has 0 atom stereocenters. The second kappa shape index (κ2) is 19.0. The van der Waals surface area contributed by atoms with Gasteiger partial charge in [0, 0.05) is 98.5 Å². The van der Waals surface area contributed by atoms with Crippen molar-refractivity contribution >= 4 is 32.8 Å². The molecule has 5 heteroatoms. The highest BCUT2D eigenvalue weighted by Gasteiger charge is 2.40. The van der Waals surface area contributed by atoms with Crippen LogP contribution in [0.3, 0.4) is 0 Å². The third-order valence-corrected chi connectivity index (χ3v) is 15.0. The van der Waals surface area contributed by atoms with Gasteiger partial charge in [0.05, 0.1) is 41.7 Å². The third kappa shape index (κ3) is 8.77. The Balaban J connectivity index is 1.04. The van der Waals surface area contributed by atoms with E-state index < -0.39 is 274 Å². The molecular formula is C79H80N4O. The summed E-state index contributed by atoms with van der Waals surface area (Å²) in [5.41, 5.74) is -45.3. The van der Waals surface area contributed by atoms with Crippen molar-refractivity contribution in [3.63, 3.8) is 0 Å². The zero-order chi connectivity index (χ0) is 107. The van der Waals surface area contributed by atoms with Crippen LogP contribution in [0.15, 0.2) is 176 Å². The molecule has 0 fully saturated rings. The van der Waals surface area contributed by atoms with E-state index in [4.69, 9.17) is 58.2 Å². The average molecular weight is 1160 g/mol. The Morgan fingerprint density at radius 3 is 1.71 bits per heavy atom. The first kappa shape index (κ1) is 20.0. The van der Waals surface area contributed by atoms with Gasteiger partial charge in [-0.25, -0.2) is 4.98 Å². The number of aryl methyl sites for hydroxylation is 1. The van der Waals surface area contributed by atoms with E-state index in [-0.39, 0.29) is 39.6 Å². The number of imidazole rings is 1. The Morgan fingerprint density at radius 2 is 1.06 bits per heavy atom. The van der Waals surface area contributed by atoms with Gasteiger partial charge in [-0.2, -0.15) is 0 Å². The van der Waals surface area contributed by atoms with Crippen LogP contribution in [0.1, 0.15) is 238 Å². The predicted molar refractivity (Wildman–Crippen MR) is 349 cm³/mol. The fourth-order valence-electron chi connectivity index (χ4n) is 11.0. The highest BCUT2D eigenvalue weighted by molar-refractivity contribution is 6.09. The van der Waals surface area contributed by atoms with Crippen LogP contribution in [0.4, 0.5) is 0 Å². The molecule has 0 unspecified atom stereocenters. The molecule has 3 heterocycles. The van der Waals surface area contributed by atoms with Crippen molar-refractivity contribution in [1.82, 2.24) is 14.1 Å². The Bertz CT molecular complexity index is 6710. The molecule has 422 valence electrons. The zero-order valence-electron chi connectivity index (χ0n) is 100. The van der Waals surface area contributed by atoms with Gasteiger partial charge in [-0.05, 0) is 187 Å². The van der Waals surface area contributed by atoms with E-state index in [1.165, 1.54) is 65.2 Å². The van der Waals surface area contributed by atoms with Gasteiger partial charge in [-0.1, -0.05) is 203 Å². The summed E-state index contributed by atoms with van der Waals surface area (Å²) >= 11 is 0. The van der Waals surface area contributed by atoms with Crippen LogP contribution in [0.2, 0.25) is 0 Å². The molecule has 0 saturated heterocycles. The number of pyridine rings is 1. The highest BCUT2D eigenvalue weighted by Crippen LogP contribution is 2.51. The van der Waals surface area contributed by atoms with Crippen molar-refractivity contribution in [1.29, 1.82) is 0 Å². The molecule has 0 aliphatic heterocycles. The summed E-state index contributed by atoms with van der Waals surface area (Å²) in [7, 11) is 0. The zero-order valence-corrected chi connectivity index (χ0v) is 43.5. The molecule has 0 N–H and O–H groups in total. The van der Waals surface area contributed by atoms with Crippen LogP contribution in [0.25, 0.3) is 83.4 Å². The van der Waals surface area contributed by atoms with Crippen molar-refractivity contribution in [2.24, 2.45) is 0 Å². The van der Waals surface area contributed by atoms with Crippen LogP contribution in [-0.4, -0.2) is 14.1 Å². The largest absolute Gasteiger partial charge is 0.458 e. The highest BCUT2D eigenvalue weighted by atomic mass is 16.5. The fraction of sp³-hybridized carbons (Fsp3) is 0.316. The Kier molecular flexibility index (Phi) is 4.53. The lowest BCUT2D eigenvalue weighted by Gasteiger charge is -2.42. The number of benzene rings is 8. The molecule has 0 bridgehead atoms. The van der Waals surface area contributed by atoms with Gasteiger partial charge in [-0.3, -0.25) is 13.7 Å². The van der Waals surface area contributed by atoms with E-state index in [1.54, 1.807) is 30.3 Å². The molecule has 0 amide bonds. The van der Waals surface area contributed by atoms with Gasteiger partial charge in [0.1, 0.15) is 17.3 Å². The van der Waals surface area contributed by atoms with E-state index in [9.17, 15) is 24.7 Å². The summed E-state index contributed by atoms with van der Waals surface area (Å²) in [6, 6.07) is 16.3. The number of ether oxygens (including phenoxy) is 1. The van der Waals surface area contributed by atoms with Gasteiger partial charge in [0.15, 0.2) is 0 Å². The summed E-state index contributed by atoms with van der Waals surface area (Å²) in [4.78, 5) is 4.66. The van der Waals surface area contributed by atoms with Gasteiger partial charge in [-0.15, -0.1) is 0 Å². The van der Waals surface area contributed by atoms with Crippen molar-refractivity contribution < 1.29 is 87.4 Å². The number of para-hydroxylation sites is 4. The molecule has 3 aliphatic carbocycles. The number of rotatable bonds is 8. The van der Waals surface area contributed by atoms with Crippen LogP contribution < -0.4 is 9.30 Å². The van der Waals surface area contributed by atoms with Crippen LogP contribution in [0.5, 0.6) is 11.5 Å². The molecule has 11 aromatic rings. The number of hydrogen-bond donors (Lipinski definition) is 0. The maximum Gasteiger partial charge on any atom is 0.269 e. The van der Waals surface area contributed by atoms with Gasteiger partial charge in [0.25, 0.3) is 6.33 Å². The molecule has 0 radical (unpaired) electrons. The number of aromatic nitrogens is 4. The van der Waals surface area contributed by atoms with Crippen LogP contribution >= 0.6 is 0 Å². The Hall–Kier alpha value is -8.02. The van der Waals surface area contributed by atoms with Crippen LogP contribution in [0, 0.1) is 13.2 Å². The topological polar surface area (TPSA) is 35.9 Å². The lowest BCUT2D eigenvalue weighted by atomic mass is 9.62. The summed E-state index contributed by atoms with van der Waals surface area (Å²) < 4.78 is 533. The smallest absolute Gasteiger partial charge is 0.269 e. The molecule has 0 saturated carbocycles. The summed E-state index contributed by atoms with van der Waals surface area (Å²) in [5.74, 6) is -0.401. The first-order valence-electron chi connectivity index (χ1n) is 54.2. The van der Waals surface area contributed by atoms with Crippen LogP contribution in [-0.2, 0) is 32.5 Å². The van der Waals surface area contributed by atoms with E-state index in [2.05, 4.69) is 11.3 Å². The molecule has 0 spiro atoms. The Labute approximate surface area is 578 Å². The first-order chi connectivity index (χ1) is 63.3. The predicted octanol–water partition coefficient (Wildman–Crippen LogP) is 20.3. The van der Waals surface area contributed by atoms with E-state index in [0.717, 1.165) is 45.7 Å². The molecule has 3 aliphatic rings. The van der Waals surface area contributed by atoms with E-state index in [0.29, 0.717) is 28.4 Å². The summed E-state index contributed by atoms with van der Waals surface area (Å²) in [5, 5.41) is 0.881. The molecule has 14 rings (SSSR count). The quantitative estimate of drug-likeness (QED) is 0.112. The molecule has 8 aromatic carbocycles. The van der Waals surface area contributed by atoms with Crippen molar-refractivity contribution in [2.75, 3.05) is 0 Å². The Morgan fingerprint density at radius 1 is 0.488 bits per heavy atom. The van der Waals surface area contributed by atoms with Crippen molar-refractivity contribution in [2.45, 2.75) is 160 Å². The van der Waals surface area contributed by atoms with Crippen molar-refractivity contribution in [3.05, 3.63) is 221 Å². The standard InChI is InChI=1S/C79H80N4O/c1-50-42-72(80-48-61(50)53-30-35-64-67(45-53)79(12,13)41-38-76(64,6)7)83-68-25-15-14-22-59(68)60-32-31-56(47-71(60)83)84-55-21-18-20-54(46-55)81-49-82(70-27-17-16-26-69(70)81)73-57(51-28-33-62-65(43-51)77(8,9)39-36-74(62,2)3)23-19-24-58(73)52-29-34-63-66(44-52)78(10,11)40-37-75(63,4)5/h14-35,42-48H,36-41H2,1-13H3/i1D3,2D3,3D3,4D3,5D3,6D3,7D3,8D3,9D3,10D3,11D3,12D3,13D3,28D,29D,33D,34D,36D2,37D2,38D2,39D2,40D2,41D2,43D,44D. The normalized spacial score (nSPS) is 33.4.